The standard InChI is InChI=1S/C23H31BrClN3O4S2/c1-7-32-17(29)13-28-21(30)18(24)20(26-22(28)33-6)19(27-34(31)23(3,4)5)14(2)12-15-8-10-16(25)11-9-15/h8-11,14,19,27H,7,12-13H2,1-6H3/t14-,19-,34?/m1/s1. The zero-order chi connectivity index (χ0) is 25.6. The van der Waals surface area contributed by atoms with Crippen molar-refractivity contribution in [3.63, 3.8) is 0 Å². The Morgan fingerprint density at radius 1 is 1.32 bits per heavy atom. The summed E-state index contributed by atoms with van der Waals surface area (Å²) < 4.78 is 22.3. The van der Waals surface area contributed by atoms with Gasteiger partial charge in [0.05, 0.1) is 34.1 Å². The Morgan fingerprint density at radius 3 is 2.47 bits per heavy atom. The van der Waals surface area contributed by atoms with E-state index in [4.69, 9.17) is 21.3 Å². The molecule has 1 aromatic heterocycles. The number of nitrogens with zero attached hydrogens (tertiary/aromatic N) is 2. The first-order valence-electron chi connectivity index (χ1n) is 10.8. The third-order valence-electron chi connectivity index (χ3n) is 5.00. The van der Waals surface area contributed by atoms with E-state index in [-0.39, 0.29) is 23.5 Å². The average Bonchev–Trinajstić information content (AvgIpc) is 2.76. The molecule has 0 aliphatic carbocycles. The van der Waals surface area contributed by atoms with E-state index in [0.29, 0.717) is 22.3 Å². The minimum atomic E-state index is -1.41. The summed E-state index contributed by atoms with van der Waals surface area (Å²) >= 11 is 10.7. The zero-order valence-corrected chi connectivity index (χ0v) is 24.2. The molecule has 34 heavy (non-hydrogen) atoms. The van der Waals surface area contributed by atoms with Gasteiger partial charge in [-0.2, -0.15) is 0 Å². The Bertz CT molecular complexity index is 1090. The smallest absolute Gasteiger partial charge is 0.326 e. The Labute approximate surface area is 221 Å². The molecule has 0 spiro atoms. The number of nitrogens with one attached hydrogen (secondary N) is 1. The number of thioether (sulfide) groups is 1. The van der Waals surface area contributed by atoms with Gasteiger partial charge in [-0.3, -0.25) is 14.2 Å². The maximum atomic E-state index is 13.3. The van der Waals surface area contributed by atoms with Crippen LogP contribution in [0.3, 0.4) is 0 Å². The monoisotopic (exact) mass is 591 g/mol. The summed E-state index contributed by atoms with van der Waals surface area (Å²) in [7, 11) is -1.41. The number of hydrogen-bond acceptors (Lipinski definition) is 6. The molecular weight excluding hydrogens is 562 g/mol. The zero-order valence-electron chi connectivity index (χ0n) is 20.2. The lowest BCUT2D eigenvalue weighted by molar-refractivity contribution is -0.144. The second kappa shape index (κ2) is 12.7. The SMILES string of the molecule is CCOC(=O)Cn1c(SC)nc([C@H](NS(=O)C(C)(C)C)[C@H](C)Cc2ccc(Cl)cc2)c(Br)c1=O. The molecule has 0 fully saturated rings. The topological polar surface area (TPSA) is 90.3 Å². The van der Waals surface area contributed by atoms with Crippen molar-refractivity contribution < 1.29 is 13.7 Å². The van der Waals surface area contributed by atoms with E-state index in [0.717, 1.165) is 5.56 Å². The van der Waals surface area contributed by atoms with Crippen LogP contribution in [0.25, 0.3) is 0 Å². The summed E-state index contributed by atoms with van der Waals surface area (Å²) in [6.45, 7) is 9.35. The molecule has 1 heterocycles. The van der Waals surface area contributed by atoms with Gasteiger partial charge in [-0.05, 0) is 79.9 Å². The van der Waals surface area contributed by atoms with E-state index in [9.17, 15) is 13.8 Å². The quantitative estimate of drug-likeness (QED) is 0.239. The predicted octanol–water partition coefficient (Wildman–Crippen LogP) is 4.92. The molecule has 0 aliphatic heterocycles. The maximum absolute atomic E-state index is 13.3. The molecule has 0 saturated heterocycles. The fraction of sp³-hybridized carbons (Fsp3) is 0.522. The van der Waals surface area contributed by atoms with Gasteiger partial charge in [-0.15, -0.1) is 0 Å². The molecule has 7 nitrogen and oxygen atoms in total. The molecule has 2 aromatic rings. The normalized spacial score (nSPS) is 14.5. The number of carbonyl (C=O) groups is 1. The van der Waals surface area contributed by atoms with E-state index in [2.05, 4.69) is 20.7 Å². The lowest BCUT2D eigenvalue weighted by atomic mass is 9.92. The van der Waals surface area contributed by atoms with Gasteiger partial charge in [0.15, 0.2) is 5.16 Å². The fourth-order valence-electron chi connectivity index (χ4n) is 3.21. The van der Waals surface area contributed by atoms with Crippen LogP contribution in [-0.2, 0) is 33.5 Å². The van der Waals surface area contributed by atoms with E-state index in [1.807, 2.05) is 52.0 Å². The molecular formula is C23H31BrClN3O4S2. The first kappa shape index (κ1) is 29.0. The first-order chi connectivity index (χ1) is 15.9. The lowest BCUT2D eigenvalue weighted by Gasteiger charge is -2.29. The summed E-state index contributed by atoms with van der Waals surface area (Å²) in [6.07, 6.45) is 2.43. The largest absolute Gasteiger partial charge is 0.465 e. The third kappa shape index (κ3) is 7.65. The van der Waals surface area contributed by atoms with Gasteiger partial charge in [0.1, 0.15) is 11.0 Å². The Balaban J connectivity index is 2.54. The number of ether oxygens (including phenoxy) is 1. The van der Waals surface area contributed by atoms with Crippen LogP contribution in [0, 0.1) is 5.92 Å². The summed E-state index contributed by atoms with van der Waals surface area (Å²) in [4.78, 5) is 30.0. The molecule has 0 amide bonds. The highest BCUT2D eigenvalue weighted by Crippen LogP contribution is 2.31. The van der Waals surface area contributed by atoms with Gasteiger partial charge in [0.25, 0.3) is 5.56 Å². The van der Waals surface area contributed by atoms with Gasteiger partial charge in [0, 0.05) is 5.02 Å². The molecule has 1 N–H and O–H groups in total. The minimum absolute atomic E-state index is 0.0775. The van der Waals surface area contributed by atoms with Gasteiger partial charge in [0.2, 0.25) is 0 Å². The minimum Gasteiger partial charge on any atom is -0.465 e. The summed E-state index contributed by atoms with van der Waals surface area (Å²) in [6, 6.07) is 7.06. The van der Waals surface area contributed by atoms with Gasteiger partial charge in [-0.25, -0.2) is 13.9 Å². The number of halogens is 2. The van der Waals surface area contributed by atoms with Crippen molar-refractivity contribution in [2.45, 2.75) is 63.5 Å². The highest BCUT2D eigenvalue weighted by molar-refractivity contribution is 9.10. The molecule has 11 heteroatoms. The van der Waals surface area contributed by atoms with Crippen LogP contribution in [0.1, 0.15) is 51.9 Å². The number of esters is 1. The number of rotatable bonds is 10. The lowest BCUT2D eigenvalue weighted by Crippen LogP contribution is -2.40. The molecule has 188 valence electrons. The molecule has 1 aromatic carbocycles. The Morgan fingerprint density at radius 2 is 1.94 bits per heavy atom. The van der Waals surface area contributed by atoms with Crippen molar-refractivity contribution in [1.82, 2.24) is 14.3 Å². The van der Waals surface area contributed by atoms with Crippen molar-refractivity contribution >= 4 is 56.2 Å². The van der Waals surface area contributed by atoms with Crippen LogP contribution in [0.5, 0.6) is 0 Å². The van der Waals surface area contributed by atoms with Crippen molar-refractivity contribution in [2.75, 3.05) is 12.9 Å². The summed E-state index contributed by atoms with van der Waals surface area (Å²) in [5.74, 6) is -0.591. The maximum Gasteiger partial charge on any atom is 0.326 e. The average molecular weight is 593 g/mol. The number of hydrogen-bond donors (Lipinski definition) is 1. The molecule has 2 rings (SSSR count). The van der Waals surface area contributed by atoms with Crippen molar-refractivity contribution in [1.29, 1.82) is 0 Å². The van der Waals surface area contributed by atoms with Crippen molar-refractivity contribution in [3.05, 3.63) is 55.4 Å². The summed E-state index contributed by atoms with van der Waals surface area (Å²) in [5.41, 5.74) is 1.12. The third-order valence-corrected chi connectivity index (χ3v) is 8.26. The summed E-state index contributed by atoms with van der Waals surface area (Å²) in [5, 5.41) is 1.03. The molecule has 1 unspecified atom stereocenters. The molecule has 0 bridgehead atoms. The van der Waals surface area contributed by atoms with E-state index >= 15 is 0 Å². The highest BCUT2D eigenvalue weighted by Gasteiger charge is 2.31. The molecule has 0 radical (unpaired) electrons. The van der Waals surface area contributed by atoms with Crippen molar-refractivity contribution in [2.24, 2.45) is 5.92 Å². The first-order valence-corrected chi connectivity index (χ1v) is 14.4. The molecule has 0 saturated carbocycles. The van der Waals surface area contributed by atoms with Crippen LogP contribution in [0.15, 0.2) is 38.7 Å². The van der Waals surface area contributed by atoms with E-state index in [1.165, 1.54) is 16.3 Å². The number of aromatic nitrogens is 2. The molecule has 3 atom stereocenters. The number of carbonyl (C=O) groups excluding carboxylic acids is 1. The van der Waals surface area contributed by atoms with Crippen LogP contribution >= 0.6 is 39.3 Å². The van der Waals surface area contributed by atoms with Crippen LogP contribution in [0.4, 0.5) is 0 Å². The second-order valence-corrected chi connectivity index (χ2v) is 12.8. The van der Waals surface area contributed by atoms with E-state index < -0.39 is 33.3 Å². The van der Waals surface area contributed by atoms with Crippen LogP contribution in [0.2, 0.25) is 5.02 Å². The Kier molecular flexibility index (Phi) is 10.8. The molecule has 0 aliphatic rings. The van der Waals surface area contributed by atoms with E-state index in [1.54, 1.807) is 13.2 Å². The highest BCUT2D eigenvalue weighted by atomic mass is 79.9. The van der Waals surface area contributed by atoms with Gasteiger partial charge < -0.3 is 4.74 Å². The van der Waals surface area contributed by atoms with Gasteiger partial charge in [-0.1, -0.05) is 42.4 Å². The van der Waals surface area contributed by atoms with Crippen LogP contribution in [-0.4, -0.2) is 37.3 Å². The predicted molar refractivity (Wildman–Crippen MR) is 143 cm³/mol. The van der Waals surface area contributed by atoms with Crippen LogP contribution < -0.4 is 10.3 Å². The number of benzene rings is 1. The van der Waals surface area contributed by atoms with Gasteiger partial charge >= 0.3 is 5.97 Å². The van der Waals surface area contributed by atoms with Crippen molar-refractivity contribution in [3.8, 4) is 0 Å². The second-order valence-electron chi connectivity index (χ2n) is 8.78. The Hall–Kier alpha value is -1.20. The fourth-order valence-corrected chi connectivity index (χ4v) is 5.37.